The van der Waals surface area contributed by atoms with Crippen LogP contribution < -0.4 is 11.4 Å². The van der Waals surface area contributed by atoms with Gasteiger partial charge in [-0.25, -0.2) is 4.79 Å². The van der Waals surface area contributed by atoms with Crippen molar-refractivity contribution in [1.29, 1.82) is 5.26 Å². The van der Waals surface area contributed by atoms with Gasteiger partial charge in [-0.2, -0.15) is 10.2 Å². The highest BCUT2D eigenvalue weighted by atomic mass is 16.5. The van der Waals surface area contributed by atoms with Crippen LogP contribution in [0.15, 0.2) is 17.1 Å². The second kappa shape index (κ2) is 4.38. The van der Waals surface area contributed by atoms with E-state index in [9.17, 15) is 9.90 Å². The van der Waals surface area contributed by atoms with Crippen molar-refractivity contribution in [2.45, 2.75) is 11.8 Å². The number of anilines is 1. The summed E-state index contributed by atoms with van der Waals surface area (Å²) in [6, 6.07) is 3.17. The Hall–Kier alpha value is -1.95. The largest absolute Gasteiger partial charge is 0.393 e. The van der Waals surface area contributed by atoms with Crippen molar-refractivity contribution < 1.29 is 14.9 Å². The zero-order valence-corrected chi connectivity index (χ0v) is 9.35. The summed E-state index contributed by atoms with van der Waals surface area (Å²) in [7, 11) is 0. The van der Waals surface area contributed by atoms with Crippen LogP contribution in [0.25, 0.3) is 0 Å². The number of nitrogens with two attached hydrogens (primary N) is 1. The summed E-state index contributed by atoms with van der Waals surface area (Å²) in [6.45, 7) is -0.597. The van der Waals surface area contributed by atoms with Gasteiger partial charge >= 0.3 is 5.69 Å². The number of aliphatic hydroxyl groups is 2. The second-order valence-electron chi connectivity index (χ2n) is 3.97. The minimum absolute atomic E-state index is 0.00724. The van der Waals surface area contributed by atoms with Crippen molar-refractivity contribution in [1.82, 2.24) is 9.55 Å². The minimum Gasteiger partial charge on any atom is -0.393 e. The first-order valence-corrected chi connectivity index (χ1v) is 5.24. The van der Waals surface area contributed by atoms with E-state index in [1.165, 1.54) is 12.3 Å². The molecule has 1 saturated heterocycles. The fourth-order valence-electron chi connectivity index (χ4n) is 2.01. The van der Waals surface area contributed by atoms with E-state index in [-0.39, 0.29) is 12.4 Å². The standard InChI is InChI=1S/C10H12N4O4/c11-3-6-5-18-7(4-15)10(6,17)14-2-1-8(12)13-9(14)16/h1-2,6-7,15,17H,4-5H2,(H2,12,13,16)/t6-,7-,10+/m0/s1. The number of aliphatic hydroxyl groups excluding tert-OH is 1. The zero-order valence-electron chi connectivity index (χ0n) is 9.35. The Labute approximate surface area is 102 Å². The zero-order chi connectivity index (χ0) is 13.3. The molecule has 8 heteroatoms. The summed E-state index contributed by atoms with van der Waals surface area (Å²) < 4.78 is 5.99. The van der Waals surface area contributed by atoms with Gasteiger partial charge in [-0.3, -0.25) is 4.57 Å². The van der Waals surface area contributed by atoms with Crippen molar-refractivity contribution in [3.8, 4) is 6.07 Å². The van der Waals surface area contributed by atoms with E-state index in [1.54, 1.807) is 0 Å². The lowest BCUT2D eigenvalue weighted by atomic mass is 9.95. The van der Waals surface area contributed by atoms with Gasteiger partial charge in [0.1, 0.15) is 17.8 Å². The maximum atomic E-state index is 11.7. The predicted molar refractivity (Wildman–Crippen MR) is 59.0 cm³/mol. The molecule has 0 saturated carbocycles. The molecule has 1 aliphatic heterocycles. The van der Waals surface area contributed by atoms with Gasteiger partial charge in [0, 0.05) is 6.20 Å². The predicted octanol–water partition coefficient (Wildman–Crippen LogP) is -2.00. The number of aromatic nitrogens is 2. The van der Waals surface area contributed by atoms with Gasteiger partial charge in [-0.05, 0) is 6.07 Å². The van der Waals surface area contributed by atoms with Crippen LogP contribution in [0.2, 0.25) is 0 Å². The van der Waals surface area contributed by atoms with Crippen LogP contribution >= 0.6 is 0 Å². The maximum Gasteiger partial charge on any atom is 0.351 e. The quantitative estimate of drug-likeness (QED) is 0.554. The topological polar surface area (TPSA) is 134 Å². The molecule has 2 heterocycles. The molecule has 0 spiro atoms. The average molecular weight is 252 g/mol. The van der Waals surface area contributed by atoms with Crippen LogP contribution in [0.5, 0.6) is 0 Å². The molecule has 8 nitrogen and oxygen atoms in total. The van der Waals surface area contributed by atoms with Crippen LogP contribution in [-0.4, -0.2) is 39.1 Å². The van der Waals surface area contributed by atoms with Gasteiger partial charge in [0.2, 0.25) is 0 Å². The third-order valence-corrected chi connectivity index (χ3v) is 2.98. The molecule has 0 unspecified atom stereocenters. The summed E-state index contributed by atoms with van der Waals surface area (Å²) in [5.41, 5.74) is 2.60. The molecule has 4 N–H and O–H groups in total. The van der Waals surface area contributed by atoms with E-state index < -0.39 is 30.0 Å². The Balaban J connectivity index is 2.57. The Kier molecular flexibility index (Phi) is 3.04. The number of hydrogen-bond acceptors (Lipinski definition) is 7. The molecule has 1 aromatic heterocycles. The summed E-state index contributed by atoms with van der Waals surface area (Å²) in [6.07, 6.45) is 0.164. The first-order valence-electron chi connectivity index (χ1n) is 5.24. The van der Waals surface area contributed by atoms with E-state index in [1.807, 2.05) is 6.07 Å². The van der Waals surface area contributed by atoms with Gasteiger partial charge in [-0.15, -0.1) is 0 Å². The van der Waals surface area contributed by atoms with Crippen LogP contribution in [0.3, 0.4) is 0 Å². The highest BCUT2D eigenvalue weighted by Crippen LogP contribution is 2.34. The highest BCUT2D eigenvalue weighted by molar-refractivity contribution is 5.24. The number of nitriles is 1. The van der Waals surface area contributed by atoms with E-state index >= 15 is 0 Å². The van der Waals surface area contributed by atoms with Crippen molar-refractivity contribution >= 4 is 5.82 Å². The van der Waals surface area contributed by atoms with Crippen LogP contribution in [0.1, 0.15) is 0 Å². The normalized spacial score (nSPS) is 31.2. The molecule has 0 amide bonds. The lowest BCUT2D eigenvalue weighted by Gasteiger charge is -2.31. The Bertz CT molecular complexity index is 552. The van der Waals surface area contributed by atoms with Crippen molar-refractivity contribution in [2.24, 2.45) is 5.92 Å². The van der Waals surface area contributed by atoms with E-state index in [0.717, 1.165) is 4.57 Å². The lowest BCUT2D eigenvalue weighted by molar-refractivity contribution is -0.126. The number of hydrogen-bond donors (Lipinski definition) is 3. The molecule has 18 heavy (non-hydrogen) atoms. The maximum absolute atomic E-state index is 11.7. The van der Waals surface area contributed by atoms with E-state index in [0.29, 0.717) is 0 Å². The number of rotatable bonds is 2. The van der Waals surface area contributed by atoms with Crippen LogP contribution in [0, 0.1) is 17.2 Å². The van der Waals surface area contributed by atoms with Crippen molar-refractivity contribution in [2.75, 3.05) is 18.9 Å². The molecule has 0 aromatic carbocycles. The number of nitrogen functional groups attached to an aromatic ring is 1. The fraction of sp³-hybridized carbons (Fsp3) is 0.500. The molecule has 0 aliphatic carbocycles. The second-order valence-corrected chi connectivity index (χ2v) is 3.97. The first kappa shape index (κ1) is 12.5. The van der Waals surface area contributed by atoms with Gasteiger partial charge in [0.05, 0.1) is 19.3 Å². The van der Waals surface area contributed by atoms with Gasteiger partial charge in [0.15, 0.2) is 5.72 Å². The third kappa shape index (κ3) is 1.65. The fourth-order valence-corrected chi connectivity index (χ4v) is 2.01. The van der Waals surface area contributed by atoms with E-state index in [4.69, 9.17) is 20.8 Å². The Morgan fingerprint density at radius 1 is 1.78 bits per heavy atom. The molecule has 0 radical (unpaired) electrons. The monoisotopic (exact) mass is 252 g/mol. The third-order valence-electron chi connectivity index (χ3n) is 2.98. The van der Waals surface area contributed by atoms with Crippen molar-refractivity contribution in [3.63, 3.8) is 0 Å². The summed E-state index contributed by atoms with van der Waals surface area (Å²) in [4.78, 5) is 15.2. The first-order chi connectivity index (χ1) is 8.53. The van der Waals surface area contributed by atoms with Gasteiger partial charge in [0.25, 0.3) is 0 Å². The summed E-state index contributed by atoms with van der Waals surface area (Å²) in [5.74, 6) is -0.967. The molecule has 3 atom stereocenters. The average Bonchev–Trinajstić information content (AvgIpc) is 2.66. The summed E-state index contributed by atoms with van der Waals surface area (Å²) in [5, 5.41) is 28.7. The molecule has 1 aliphatic rings. The van der Waals surface area contributed by atoms with Crippen LogP contribution in [0.4, 0.5) is 5.82 Å². The van der Waals surface area contributed by atoms with Gasteiger partial charge < -0.3 is 20.7 Å². The molecule has 0 bridgehead atoms. The Morgan fingerprint density at radius 2 is 2.50 bits per heavy atom. The molecule has 1 fully saturated rings. The molecular formula is C10H12N4O4. The van der Waals surface area contributed by atoms with Gasteiger partial charge in [-0.1, -0.05) is 0 Å². The van der Waals surface area contributed by atoms with E-state index in [2.05, 4.69) is 4.98 Å². The molecule has 2 rings (SSSR count). The SMILES string of the molecule is N#C[C@H]1CO[C@@H](CO)[C@@]1(O)n1ccc(N)nc1=O. The van der Waals surface area contributed by atoms with Crippen LogP contribution in [-0.2, 0) is 10.5 Å². The lowest BCUT2D eigenvalue weighted by Crippen LogP contribution is -2.52. The molecular weight excluding hydrogens is 240 g/mol. The van der Waals surface area contributed by atoms with Crippen molar-refractivity contribution in [3.05, 3.63) is 22.7 Å². The summed E-state index contributed by atoms with van der Waals surface area (Å²) >= 11 is 0. The molecule has 1 aromatic rings. The number of ether oxygens (including phenoxy) is 1. The minimum atomic E-state index is -1.94. The highest BCUT2D eigenvalue weighted by Gasteiger charge is 2.53. The smallest absolute Gasteiger partial charge is 0.351 e. The molecule has 96 valence electrons. The number of nitrogens with zero attached hydrogens (tertiary/aromatic N) is 3. The Morgan fingerprint density at radius 3 is 3.06 bits per heavy atom.